The van der Waals surface area contributed by atoms with E-state index in [2.05, 4.69) is 26.3 Å². The topological polar surface area (TPSA) is 39.1 Å². The van der Waals surface area contributed by atoms with Crippen LogP contribution in [0.25, 0.3) is 0 Å². The molecule has 18 heavy (non-hydrogen) atoms. The molecule has 0 bridgehead atoms. The zero-order valence-corrected chi connectivity index (χ0v) is 13.0. The highest BCUT2D eigenvalue weighted by Gasteiger charge is 2.25. The number of likely N-dealkylation sites (N-methyl/N-ethyl adjacent to an activating group) is 1. The predicted molar refractivity (Wildman–Crippen MR) is 75.8 cm³/mol. The van der Waals surface area contributed by atoms with Crippen molar-refractivity contribution in [3.05, 3.63) is 15.9 Å². The lowest BCUT2D eigenvalue weighted by Crippen LogP contribution is -2.43. The van der Waals surface area contributed by atoms with Crippen LogP contribution in [0.15, 0.2) is 4.47 Å². The summed E-state index contributed by atoms with van der Waals surface area (Å²) in [6.07, 6.45) is 4.89. The third-order valence-electron chi connectivity index (χ3n) is 3.71. The first-order valence-corrected chi connectivity index (χ1v) is 7.39. The van der Waals surface area contributed by atoms with E-state index in [1.165, 1.54) is 18.5 Å². The summed E-state index contributed by atoms with van der Waals surface area (Å²) < 4.78 is 8.97. The Balaban J connectivity index is 2.09. The van der Waals surface area contributed by atoms with Crippen LogP contribution in [-0.2, 0) is 18.2 Å². The van der Waals surface area contributed by atoms with Crippen LogP contribution in [0.3, 0.4) is 0 Å². The number of hydrogen-bond donors (Lipinski definition) is 1. The van der Waals surface area contributed by atoms with E-state index in [4.69, 9.17) is 4.74 Å². The Morgan fingerprint density at radius 2 is 2.33 bits per heavy atom. The maximum Gasteiger partial charge on any atom is 0.0738 e. The second-order valence-electron chi connectivity index (χ2n) is 4.97. The van der Waals surface area contributed by atoms with Gasteiger partial charge in [0, 0.05) is 26.1 Å². The number of ether oxygens (including phenoxy) is 1. The van der Waals surface area contributed by atoms with E-state index in [0.29, 0.717) is 12.1 Å². The van der Waals surface area contributed by atoms with Crippen LogP contribution in [0.4, 0.5) is 0 Å². The van der Waals surface area contributed by atoms with Crippen molar-refractivity contribution < 1.29 is 4.74 Å². The molecule has 1 saturated heterocycles. The van der Waals surface area contributed by atoms with Crippen LogP contribution in [0.1, 0.15) is 30.7 Å². The van der Waals surface area contributed by atoms with Gasteiger partial charge in [0.1, 0.15) is 0 Å². The van der Waals surface area contributed by atoms with Crippen molar-refractivity contribution in [2.45, 2.75) is 44.8 Å². The average Bonchev–Trinajstić information content (AvgIpc) is 2.62. The van der Waals surface area contributed by atoms with Crippen LogP contribution < -0.4 is 5.32 Å². The van der Waals surface area contributed by atoms with Gasteiger partial charge in [0.05, 0.1) is 22.0 Å². The van der Waals surface area contributed by atoms with Crippen molar-refractivity contribution >= 4 is 15.9 Å². The summed E-state index contributed by atoms with van der Waals surface area (Å²) in [7, 11) is 4.02. The molecule has 0 aromatic carbocycles. The molecule has 0 saturated carbocycles. The van der Waals surface area contributed by atoms with Crippen LogP contribution in [-0.4, -0.2) is 35.6 Å². The number of nitrogens with zero attached hydrogens (tertiary/aromatic N) is 2. The number of hydrogen-bond acceptors (Lipinski definition) is 3. The van der Waals surface area contributed by atoms with Gasteiger partial charge in [0.2, 0.25) is 0 Å². The highest BCUT2D eigenvalue weighted by molar-refractivity contribution is 9.10. The molecule has 1 aliphatic heterocycles. The van der Waals surface area contributed by atoms with Crippen LogP contribution in [0.2, 0.25) is 0 Å². The fourth-order valence-electron chi connectivity index (χ4n) is 2.61. The van der Waals surface area contributed by atoms with Gasteiger partial charge in [-0.05, 0) is 49.2 Å². The minimum absolute atomic E-state index is 0.325. The molecule has 4 nitrogen and oxygen atoms in total. The van der Waals surface area contributed by atoms with Crippen molar-refractivity contribution in [3.63, 3.8) is 0 Å². The third-order valence-corrected chi connectivity index (χ3v) is 4.74. The summed E-state index contributed by atoms with van der Waals surface area (Å²) >= 11 is 3.63. The van der Waals surface area contributed by atoms with Gasteiger partial charge in [-0.1, -0.05) is 0 Å². The maximum atomic E-state index is 5.88. The molecule has 2 heterocycles. The molecule has 1 aliphatic rings. The van der Waals surface area contributed by atoms with Gasteiger partial charge in [-0.2, -0.15) is 5.10 Å². The monoisotopic (exact) mass is 315 g/mol. The zero-order chi connectivity index (χ0) is 13.1. The maximum absolute atomic E-state index is 5.88. The molecular weight excluding hydrogens is 294 g/mol. The first kappa shape index (κ1) is 14.0. The zero-order valence-electron chi connectivity index (χ0n) is 11.4. The highest BCUT2D eigenvalue weighted by atomic mass is 79.9. The molecule has 2 unspecified atom stereocenters. The molecule has 0 radical (unpaired) electrons. The summed E-state index contributed by atoms with van der Waals surface area (Å²) in [4.78, 5) is 0. The molecule has 5 heteroatoms. The van der Waals surface area contributed by atoms with Gasteiger partial charge >= 0.3 is 0 Å². The van der Waals surface area contributed by atoms with E-state index in [9.17, 15) is 0 Å². The summed E-state index contributed by atoms with van der Waals surface area (Å²) in [5.41, 5.74) is 2.29. The average molecular weight is 316 g/mol. The lowest BCUT2D eigenvalue weighted by atomic mass is 9.98. The van der Waals surface area contributed by atoms with E-state index in [1.807, 2.05) is 25.7 Å². The van der Waals surface area contributed by atoms with Crippen molar-refractivity contribution in [1.82, 2.24) is 15.1 Å². The molecule has 0 spiro atoms. The van der Waals surface area contributed by atoms with E-state index in [-0.39, 0.29) is 0 Å². The van der Waals surface area contributed by atoms with E-state index in [1.54, 1.807) is 0 Å². The quantitative estimate of drug-likeness (QED) is 0.925. The Kier molecular flexibility index (Phi) is 4.81. The first-order valence-electron chi connectivity index (χ1n) is 6.60. The van der Waals surface area contributed by atoms with Gasteiger partial charge in [-0.25, -0.2) is 0 Å². The third kappa shape index (κ3) is 2.95. The van der Waals surface area contributed by atoms with Crippen LogP contribution >= 0.6 is 15.9 Å². The summed E-state index contributed by atoms with van der Waals surface area (Å²) in [5.74, 6) is 0. The second-order valence-corrected chi connectivity index (χ2v) is 5.77. The molecule has 2 atom stereocenters. The van der Waals surface area contributed by atoms with Gasteiger partial charge in [-0.3, -0.25) is 4.68 Å². The molecule has 1 aromatic rings. The number of rotatable bonds is 4. The Bertz CT molecular complexity index is 399. The van der Waals surface area contributed by atoms with Crippen molar-refractivity contribution in [2.24, 2.45) is 7.05 Å². The van der Waals surface area contributed by atoms with Gasteiger partial charge < -0.3 is 10.1 Å². The summed E-state index contributed by atoms with van der Waals surface area (Å²) in [6, 6.07) is 0.358. The van der Waals surface area contributed by atoms with Crippen molar-refractivity contribution in [2.75, 3.05) is 13.7 Å². The lowest BCUT2D eigenvalue weighted by Gasteiger charge is -2.30. The normalized spacial score (nSPS) is 22.1. The number of nitrogens with one attached hydrogen (secondary N) is 1. The van der Waals surface area contributed by atoms with Gasteiger partial charge in [0.25, 0.3) is 0 Å². The number of aryl methyl sites for hydroxylation is 2. The minimum Gasteiger partial charge on any atom is -0.377 e. The Labute approximate surface area is 117 Å². The summed E-state index contributed by atoms with van der Waals surface area (Å²) in [6.45, 7) is 2.92. The smallest absolute Gasteiger partial charge is 0.0738 e. The number of aromatic nitrogens is 2. The fraction of sp³-hybridized carbons (Fsp3) is 0.769. The standard InChI is InChI=1S/C13H22BrN3O/c1-9-13(14)11(17(3)16-9)8-10(15-2)12-6-4-5-7-18-12/h10,12,15H,4-8H2,1-3H3. The molecule has 0 amide bonds. The highest BCUT2D eigenvalue weighted by Crippen LogP contribution is 2.24. The SMILES string of the molecule is CNC(Cc1c(Br)c(C)nn1C)C1CCCCO1. The molecule has 0 aliphatic carbocycles. The lowest BCUT2D eigenvalue weighted by molar-refractivity contribution is -0.00623. The van der Waals surface area contributed by atoms with E-state index >= 15 is 0 Å². The second kappa shape index (κ2) is 6.17. The van der Waals surface area contributed by atoms with Crippen molar-refractivity contribution in [1.29, 1.82) is 0 Å². The Morgan fingerprint density at radius 1 is 1.56 bits per heavy atom. The Morgan fingerprint density at radius 3 is 2.83 bits per heavy atom. The number of halogens is 1. The van der Waals surface area contributed by atoms with E-state index in [0.717, 1.165) is 29.6 Å². The largest absolute Gasteiger partial charge is 0.377 e. The van der Waals surface area contributed by atoms with Gasteiger partial charge in [-0.15, -0.1) is 0 Å². The Hall–Kier alpha value is -0.390. The first-order chi connectivity index (χ1) is 8.63. The molecule has 1 aromatic heterocycles. The predicted octanol–water partition coefficient (Wildman–Crippen LogP) is 2.19. The van der Waals surface area contributed by atoms with Crippen molar-refractivity contribution in [3.8, 4) is 0 Å². The minimum atomic E-state index is 0.325. The molecule has 1 N–H and O–H groups in total. The molecule has 2 rings (SSSR count). The molecular formula is C13H22BrN3O. The summed E-state index contributed by atoms with van der Waals surface area (Å²) in [5, 5.41) is 7.84. The van der Waals surface area contributed by atoms with E-state index < -0.39 is 0 Å². The molecule has 1 fully saturated rings. The van der Waals surface area contributed by atoms with Crippen LogP contribution in [0, 0.1) is 6.92 Å². The fourth-order valence-corrected chi connectivity index (χ4v) is 3.11. The molecule has 102 valence electrons. The van der Waals surface area contributed by atoms with Gasteiger partial charge in [0.15, 0.2) is 0 Å². The van der Waals surface area contributed by atoms with Crippen LogP contribution in [0.5, 0.6) is 0 Å².